The van der Waals surface area contributed by atoms with Crippen LogP contribution in [-0.4, -0.2) is 43.8 Å². The fraction of sp³-hybridized carbons (Fsp3) is 0.364. The van der Waals surface area contributed by atoms with E-state index in [0.29, 0.717) is 24.4 Å². The largest absolute Gasteiger partial charge is 0.460 e. The Kier molecular flexibility index (Phi) is 7.06. The maximum atomic E-state index is 12.9. The fourth-order valence-electron chi connectivity index (χ4n) is 3.39. The summed E-state index contributed by atoms with van der Waals surface area (Å²) in [6.07, 6.45) is 0.726. The molecule has 1 unspecified atom stereocenters. The van der Waals surface area contributed by atoms with Crippen molar-refractivity contribution in [3.63, 3.8) is 0 Å². The van der Waals surface area contributed by atoms with E-state index < -0.39 is 12.0 Å². The number of methoxy groups -OCH3 is 1. The number of benzene rings is 1. The van der Waals surface area contributed by atoms with Crippen molar-refractivity contribution in [2.45, 2.75) is 26.3 Å². The fourth-order valence-corrected chi connectivity index (χ4v) is 4.09. The zero-order chi connectivity index (χ0) is 20.8. The van der Waals surface area contributed by atoms with Crippen molar-refractivity contribution in [3.05, 3.63) is 69.1 Å². The van der Waals surface area contributed by atoms with Crippen LogP contribution >= 0.6 is 11.3 Å². The molecule has 2 heterocycles. The van der Waals surface area contributed by atoms with Gasteiger partial charge in [-0.15, -0.1) is 11.3 Å². The number of amides is 2. The summed E-state index contributed by atoms with van der Waals surface area (Å²) >= 11 is 1.65. The first kappa shape index (κ1) is 21.1. The first-order valence-electron chi connectivity index (χ1n) is 9.55. The van der Waals surface area contributed by atoms with E-state index in [-0.39, 0.29) is 12.6 Å². The van der Waals surface area contributed by atoms with Crippen molar-refractivity contribution in [1.82, 2.24) is 10.2 Å². The number of rotatable bonds is 8. The van der Waals surface area contributed by atoms with E-state index in [2.05, 4.69) is 5.32 Å². The zero-order valence-corrected chi connectivity index (χ0v) is 17.8. The van der Waals surface area contributed by atoms with E-state index in [1.807, 2.05) is 55.6 Å². The van der Waals surface area contributed by atoms with Gasteiger partial charge in [-0.2, -0.15) is 0 Å². The number of aryl methyl sites for hydroxylation is 1. The summed E-state index contributed by atoms with van der Waals surface area (Å²) in [5.41, 5.74) is 2.99. The summed E-state index contributed by atoms with van der Waals surface area (Å²) in [5, 5.41) is 5.01. The van der Waals surface area contributed by atoms with Crippen LogP contribution in [0.3, 0.4) is 0 Å². The first-order chi connectivity index (χ1) is 14.0. The molecule has 154 valence electrons. The minimum atomic E-state index is -0.546. The van der Waals surface area contributed by atoms with Crippen LogP contribution in [0.1, 0.15) is 29.0 Å². The number of nitrogens with zero attached hydrogens (tertiary/aromatic N) is 1. The zero-order valence-electron chi connectivity index (χ0n) is 16.9. The number of hydrogen-bond acceptors (Lipinski definition) is 5. The molecule has 0 fully saturated rings. The number of thiophene rings is 1. The molecule has 1 atom stereocenters. The third-order valence-electron chi connectivity index (χ3n) is 4.87. The molecule has 2 amide bonds. The van der Waals surface area contributed by atoms with Crippen LogP contribution in [-0.2, 0) is 20.7 Å². The van der Waals surface area contributed by atoms with Crippen LogP contribution in [0.15, 0.2) is 53.0 Å². The van der Waals surface area contributed by atoms with Gasteiger partial charge in [-0.05, 0) is 37.3 Å². The smallest absolute Gasteiger partial charge is 0.338 e. The number of ether oxygens (including phenoxy) is 2. The van der Waals surface area contributed by atoms with Crippen LogP contribution in [0, 0.1) is 6.92 Å². The predicted molar refractivity (Wildman–Crippen MR) is 113 cm³/mol. The second-order valence-electron chi connectivity index (χ2n) is 6.91. The average Bonchev–Trinajstić information content (AvgIpc) is 3.21. The Hall–Kier alpha value is -2.64. The van der Waals surface area contributed by atoms with E-state index in [1.165, 1.54) is 4.88 Å². The molecule has 1 aromatic carbocycles. The maximum absolute atomic E-state index is 12.9. The highest BCUT2D eigenvalue weighted by Gasteiger charge is 2.36. The molecule has 1 aromatic heterocycles. The lowest BCUT2D eigenvalue weighted by Gasteiger charge is -2.35. The van der Waals surface area contributed by atoms with Gasteiger partial charge < -0.3 is 14.8 Å². The van der Waals surface area contributed by atoms with Crippen LogP contribution in [0.4, 0.5) is 4.79 Å². The van der Waals surface area contributed by atoms with Crippen LogP contribution in [0.5, 0.6) is 0 Å². The SMILES string of the molecule is COCCOC(=O)C1=C(C)N(CCc2cccs2)C(=O)NC1c1cccc(C)c1. The van der Waals surface area contributed by atoms with Gasteiger partial charge in [0.15, 0.2) is 0 Å². The van der Waals surface area contributed by atoms with E-state index in [4.69, 9.17) is 9.47 Å². The Labute approximate surface area is 175 Å². The normalized spacial score (nSPS) is 16.7. The van der Waals surface area contributed by atoms with Crippen molar-refractivity contribution in [2.75, 3.05) is 26.9 Å². The highest BCUT2D eigenvalue weighted by Crippen LogP contribution is 2.32. The summed E-state index contributed by atoms with van der Waals surface area (Å²) in [5.74, 6) is -0.438. The van der Waals surface area contributed by atoms with Gasteiger partial charge in [0.2, 0.25) is 0 Å². The topological polar surface area (TPSA) is 67.9 Å². The summed E-state index contributed by atoms with van der Waals surface area (Å²) in [6, 6.07) is 11.1. The summed E-state index contributed by atoms with van der Waals surface area (Å²) < 4.78 is 10.4. The third-order valence-corrected chi connectivity index (χ3v) is 5.81. The van der Waals surface area contributed by atoms with E-state index in [9.17, 15) is 9.59 Å². The molecule has 0 radical (unpaired) electrons. The minimum absolute atomic E-state index is 0.162. The Bertz CT molecular complexity index is 892. The molecule has 1 aliphatic rings. The molecule has 6 nitrogen and oxygen atoms in total. The second kappa shape index (κ2) is 9.71. The van der Waals surface area contributed by atoms with Gasteiger partial charge in [0.1, 0.15) is 6.61 Å². The summed E-state index contributed by atoms with van der Waals surface area (Å²) in [4.78, 5) is 28.6. The Morgan fingerprint density at radius 1 is 1.21 bits per heavy atom. The van der Waals surface area contributed by atoms with Crippen molar-refractivity contribution in [3.8, 4) is 0 Å². The van der Waals surface area contributed by atoms with Gasteiger partial charge in [0.05, 0.1) is 18.2 Å². The number of hydrogen-bond donors (Lipinski definition) is 1. The molecule has 0 saturated heterocycles. The van der Waals surface area contributed by atoms with Crippen molar-refractivity contribution in [1.29, 1.82) is 0 Å². The Balaban J connectivity index is 1.91. The highest BCUT2D eigenvalue weighted by molar-refractivity contribution is 7.09. The molecule has 3 rings (SSSR count). The van der Waals surface area contributed by atoms with E-state index >= 15 is 0 Å². The molecule has 1 N–H and O–H groups in total. The molecule has 0 bridgehead atoms. The standard InChI is InChI=1S/C22H26N2O4S/c1-15-6-4-7-17(14-15)20-19(21(25)28-12-11-27-3)16(2)24(22(26)23-20)10-9-18-8-5-13-29-18/h4-8,13-14,20H,9-12H2,1-3H3,(H,23,26). The monoisotopic (exact) mass is 414 g/mol. The summed E-state index contributed by atoms with van der Waals surface area (Å²) in [6.45, 7) is 4.77. The Morgan fingerprint density at radius 3 is 2.72 bits per heavy atom. The lowest BCUT2D eigenvalue weighted by Crippen LogP contribution is -2.48. The lowest BCUT2D eigenvalue weighted by molar-refractivity contribution is -0.140. The van der Waals surface area contributed by atoms with Crippen molar-refractivity contribution >= 4 is 23.3 Å². The molecule has 0 saturated carbocycles. The van der Waals surface area contributed by atoms with Gasteiger partial charge in [0, 0.05) is 24.2 Å². The molecule has 0 spiro atoms. The minimum Gasteiger partial charge on any atom is -0.460 e. The molecular weight excluding hydrogens is 388 g/mol. The predicted octanol–water partition coefficient (Wildman–Crippen LogP) is 3.83. The number of urea groups is 1. The number of carbonyl (C=O) groups excluding carboxylic acids is 2. The van der Waals surface area contributed by atoms with E-state index in [1.54, 1.807) is 23.3 Å². The van der Waals surface area contributed by atoms with Gasteiger partial charge in [-0.25, -0.2) is 9.59 Å². The van der Waals surface area contributed by atoms with Gasteiger partial charge in [-0.3, -0.25) is 4.90 Å². The molecule has 29 heavy (non-hydrogen) atoms. The van der Waals surface area contributed by atoms with Crippen molar-refractivity contribution < 1.29 is 19.1 Å². The first-order valence-corrected chi connectivity index (χ1v) is 10.4. The van der Waals surface area contributed by atoms with Gasteiger partial charge in [-0.1, -0.05) is 35.9 Å². The number of allylic oxidation sites excluding steroid dienone is 1. The quantitative estimate of drug-likeness (QED) is 0.527. The highest BCUT2D eigenvalue weighted by atomic mass is 32.1. The van der Waals surface area contributed by atoms with Gasteiger partial charge in [0.25, 0.3) is 0 Å². The molecule has 7 heteroatoms. The van der Waals surface area contributed by atoms with Crippen LogP contribution < -0.4 is 5.32 Å². The van der Waals surface area contributed by atoms with E-state index in [0.717, 1.165) is 17.5 Å². The Morgan fingerprint density at radius 2 is 2.03 bits per heavy atom. The van der Waals surface area contributed by atoms with Crippen LogP contribution in [0.25, 0.3) is 0 Å². The van der Waals surface area contributed by atoms with Crippen molar-refractivity contribution in [2.24, 2.45) is 0 Å². The summed E-state index contributed by atoms with van der Waals surface area (Å²) in [7, 11) is 1.56. The molecular formula is C22H26N2O4S. The average molecular weight is 415 g/mol. The number of carbonyl (C=O) groups is 2. The molecule has 1 aliphatic heterocycles. The second-order valence-corrected chi connectivity index (χ2v) is 7.94. The molecule has 0 aliphatic carbocycles. The number of esters is 1. The lowest BCUT2D eigenvalue weighted by atomic mass is 9.94. The molecule has 2 aromatic rings. The third kappa shape index (κ3) is 5.05. The van der Waals surface area contributed by atoms with Gasteiger partial charge >= 0.3 is 12.0 Å². The number of nitrogens with one attached hydrogen (secondary N) is 1. The van der Waals surface area contributed by atoms with Crippen LogP contribution in [0.2, 0.25) is 0 Å². The maximum Gasteiger partial charge on any atom is 0.338 e.